The van der Waals surface area contributed by atoms with Crippen LogP contribution in [0, 0.1) is 0 Å². The summed E-state index contributed by atoms with van der Waals surface area (Å²) in [6, 6.07) is 8.28. The third-order valence-electron chi connectivity index (χ3n) is 2.86. The number of para-hydroxylation sites is 2. The van der Waals surface area contributed by atoms with Crippen molar-refractivity contribution in [3.05, 3.63) is 42.2 Å². The Morgan fingerprint density at radius 1 is 1.41 bits per heavy atom. The van der Waals surface area contributed by atoms with Crippen molar-refractivity contribution in [2.75, 3.05) is 12.4 Å². The van der Waals surface area contributed by atoms with Gasteiger partial charge in [0.05, 0.1) is 17.9 Å². The lowest BCUT2D eigenvalue weighted by Gasteiger charge is -2.21. The van der Waals surface area contributed by atoms with Crippen LogP contribution in [0.25, 0.3) is 0 Å². The van der Waals surface area contributed by atoms with Gasteiger partial charge in [-0.3, -0.25) is 4.68 Å². The van der Waals surface area contributed by atoms with Crippen LogP contribution < -0.4 is 10.1 Å². The summed E-state index contributed by atoms with van der Waals surface area (Å²) in [5.74, 6) is 0.0473. The summed E-state index contributed by atoms with van der Waals surface area (Å²) in [5.41, 5.74) is 1.24. The predicted octanol–water partition coefficient (Wildman–Crippen LogP) is 2.85. The molecule has 0 radical (unpaired) electrons. The van der Waals surface area contributed by atoms with E-state index in [1.807, 2.05) is 19.3 Å². The Morgan fingerprint density at radius 2 is 2.14 bits per heavy atom. The average molecular weight is 326 g/mol. The maximum absolute atomic E-state index is 12.4. The molecule has 22 heavy (non-hydrogen) atoms. The molecule has 5 nitrogen and oxygen atoms in total. The highest BCUT2D eigenvalue weighted by Gasteiger charge is 2.12. The molecular formula is C14H16F2N4OS. The Labute approximate surface area is 132 Å². The van der Waals surface area contributed by atoms with E-state index in [0.717, 1.165) is 5.69 Å². The number of halogens is 2. The van der Waals surface area contributed by atoms with Crippen molar-refractivity contribution in [3.63, 3.8) is 0 Å². The van der Waals surface area contributed by atoms with Crippen molar-refractivity contribution in [1.82, 2.24) is 14.7 Å². The van der Waals surface area contributed by atoms with E-state index in [-0.39, 0.29) is 5.75 Å². The molecule has 2 rings (SSSR count). The lowest BCUT2D eigenvalue weighted by molar-refractivity contribution is -0.0493. The molecule has 1 N–H and O–H groups in total. The van der Waals surface area contributed by atoms with E-state index in [0.29, 0.717) is 17.3 Å². The van der Waals surface area contributed by atoms with Gasteiger partial charge in [0.25, 0.3) is 0 Å². The van der Waals surface area contributed by atoms with E-state index in [1.54, 1.807) is 34.8 Å². The van der Waals surface area contributed by atoms with Crippen molar-refractivity contribution < 1.29 is 13.5 Å². The van der Waals surface area contributed by atoms with Gasteiger partial charge in [-0.1, -0.05) is 12.1 Å². The first-order chi connectivity index (χ1) is 10.5. The Bertz CT molecular complexity index is 647. The molecule has 0 amide bonds. The number of hydrogen-bond acceptors (Lipinski definition) is 3. The van der Waals surface area contributed by atoms with Gasteiger partial charge in [-0.2, -0.15) is 13.9 Å². The molecule has 0 spiro atoms. The largest absolute Gasteiger partial charge is 0.433 e. The monoisotopic (exact) mass is 326 g/mol. The SMILES string of the molecule is CN(Cc1ccn(C)n1)C(=S)Nc1ccccc1OC(F)F. The highest BCUT2D eigenvalue weighted by atomic mass is 32.1. The van der Waals surface area contributed by atoms with E-state index >= 15 is 0 Å². The van der Waals surface area contributed by atoms with Gasteiger partial charge in [0.2, 0.25) is 0 Å². The number of thiocarbonyl (C=S) groups is 1. The van der Waals surface area contributed by atoms with E-state index in [4.69, 9.17) is 12.2 Å². The van der Waals surface area contributed by atoms with Gasteiger partial charge < -0.3 is 15.0 Å². The highest BCUT2D eigenvalue weighted by molar-refractivity contribution is 7.80. The van der Waals surface area contributed by atoms with Gasteiger partial charge in [0.15, 0.2) is 5.11 Å². The topological polar surface area (TPSA) is 42.3 Å². The molecule has 0 atom stereocenters. The smallest absolute Gasteiger partial charge is 0.387 e. The van der Waals surface area contributed by atoms with Gasteiger partial charge in [0, 0.05) is 20.3 Å². The van der Waals surface area contributed by atoms with Crippen molar-refractivity contribution in [1.29, 1.82) is 0 Å². The molecule has 118 valence electrons. The quantitative estimate of drug-likeness (QED) is 0.856. The number of aryl methyl sites for hydroxylation is 1. The first-order valence-corrected chi connectivity index (χ1v) is 6.91. The number of nitrogens with zero attached hydrogens (tertiary/aromatic N) is 3. The first kappa shape index (κ1) is 16.2. The molecular weight excluding hydrogens is 310 g/mol. The number of nitrogens with one attached hydrogen (secondary N) is 1. The second-order valence-corrected chi connectivity index (χ2v) is 5.03. The fourth-order valence-electron chi connectivity index (χ4n) is 1.84. The molecule has 0 aliphatic heterocycles. The Kier molecular flexibility index (Phi) is 5.26. The van der Waals surface area contributed by atoms with Crippen molar-refractivity contribution in [2.24, 2.45) is 7.05 Å². The van der Waals surface area contributed by atoms with Crippen LogP contribution in [-0.4, -0.2) is 33.5 Å². The van der Waals surface area contributed by atoms with E-state index in [1.165, 1.54) is 6.07 Å². The second kappa shape index (κ2) is 7.17. The zero-order valence-corrected chi connectivity index (χ0v) is 13.0. The van der Waals surface area contributed by atoms with Crippen LogP contribution >= 0.6 is 12.2 Å². The van der Waals surface area contributed by atoms with Crippen LogP contribution in [0.1, 0.15) is 5.69 Å². The van der Waals surface area contributed by atoms with Gasteiger partial charge in [0.1, 0.15) is 5.75 Å². The third-order valence-corrected chi connectivity index (χ3v) is 3.27. The number of benzene rings is 1. The third kappa shape index (κ3) is 4.39. The van der Waals surface area contributed by atoms with Crippen molar-refractivity contribution >= 4 is 23.0 Å². The van der Waals surface area contributed by atoms with Gasteiger partial charge in [-0.05, 0) is 30.4 Å². The van der Waals surface area contributed by atoms with Crippen LogP contribution in [-0.2, 0) is 13.6 Å². The van der Waals surface area contributed by atoms with Crippen LogP contribution in [0.3, 0.4) is 0 Å². The Hall–Kier alpha value is -2.22. The van der Waals surface area contributed by atoms with Gasteiger partial charge >= 0.3 is 6.61 Å². The number of anilines is 1. The number of alkyl halides is 2. The Balaban J connectivity index is 2.02. The van der Waals surface area contributed by atoms with Gasteiger partial charge in [-0.15, -0.1) is 0 Å². The summed E-state index contributed by atoms with van der Waals surface area (Å²) in [7, 11) is 3.62. The van der Waals surface area contributed by atoms with Crippen molar-refractivity contribution in [2.45, 2.75) is 13.2 Å². The molecule has 2 aromatic rings. The molecule has 1 heterocycles. The van der Waals surface area contributed by atoms with Crippen LogP contribution in [0.4, 0.5) is 14.5 Å². The summed E-state index contributed by atoms with van der Waals surface area (Å²) in [5, 5.41) is 7.55. The molecule has 0 unspecified atom stereocenters. The predicted molar refractivity (Wildman–Crippen MR) is 84.0 cm³/mol. The van der Waals surface area contributed by atoms with Crippen LogP contribution in [0.15, 0.2) is 36.5 Å². The summed E-state index contributed by atoms with van der Waals surface area (Å²) in [6.45, 7) is -2.38. The fraction of sp³-hybridized carbons (Fsp3) is 0.286. The van der Waals surface area contributed by atoms with Gasteiger partial charge in [-0.25, -0.2) is 0 Å². The minimum Gasteiger partial charge on any atom is -0.433 e. The van der Waals surface area contributed by atoms with E-state index in [2.05, 4.69) is 15.2 Å². The molecule has 1 aromatic carbocycles. The lowest BCUT2D eigenvalue weighted by atomic mass is 10.3. The minimum atomic E-state index is -2.89. The zero-order valence-electron chi connectivity index (χ0n) is 12.2. The normalized spacial score (nSPS) is 10.6. The number of ether oxygens (including phenoxy) is 1. The number of hydrogen-bond donors (Lipinski definition) is 1. The molecule has 0 saturated heterocycles. The maximum atomic E-state index is 12.4. The molecule has 0 saturated carbocycles. The second-order valence-electron chi connectivity index (χ2n) is 4.64. The van der Waals surface area contributed by atoms with Crippen LogP contribution in [0.5, 0.6) is 5.75 Å². The molecule has 0 fully saturated rings. The average Bonchev–Trinajstić information content (AvgIpc) is 2.85. The maximum Gasteiger partial charge on any atom is 0.387 e. The minimum absolute atomic E-state index is 0.0473. The lowest BCUT2D eigenvalue weighted by Crippen LogP contribution is -2.31. The summed E-state index contributed by atoms with van der Waals surface area (Å²) in [4.78, 5) is 1.76. The van der Waals surface area contributed by atoms with E-state index in [9.17, 15) is 8.78 Å². The standard InChI is InChI=1S/C14H16F2N4OS/c1-19(9-10-7-8-20(2)18-10)14(22)17-11-5-3-4-6-12(11)21-13(15)16/h3-8,13H,9H2,1-2H3,(H,17,22). The highest BCUT2D eigenvalue weighted by Crippen LogP contribution is 2.25. The Morgan fingerprint density at radius 3 is 2.77 bits per heavy atom. The number of rotatable bonds is 5. The summed E-state index contributed by atoms with van der Waals surface area (Å²) < 4.78 is 30.9. The van der Waals surface area contributed by atoms with Crippen LogP contribution in [0.2, 0.25) is 0 Å². The van der Waals surface area contributed by atoms with E-state index < -0.39 is 6.61 Å². The molecule has 0 aliphatic rings. The molecule has 0 bridgehead atoms. The fourth-order valence-corrected chi connectivity index (χ4v) is 2.02. The molecule has 0 aliphatic carbocycles. The summed E-state index contributed by atoms with van der Waals surface area (Å²) in [6.07, 6.45) is 1.84. The zero-order chi connectivity index (χ0) is 16.1. The number of aromatic nitrogens is 2. The van der Waals surface area contributed by atoms with Crippen molar-refractivity contribution in [3.8, 4) is 5.75 Å². The summed E-state index contributed by atoms with van der Waals surface area (Å²) >= 11 is 5.28. The first-order valence-electron chi connectivity index (χ1n) is 6.50. The molecule has 8 heteroatoms. The molecule has 1 aromatic heterocycles.